The molecule has 0 saturated carbocycles. The molecule has 3 heterocycles. The van der Waals surface area contributed by atoms with Crippen LogP contribution in [0.25, 0.3) is 11.3 Å². The van der Waals surface area contributed by atoms with Crippen molar-refractivity contribution in [2.75, 3.05) is 0 Å². The number of carbonyl (C=O) groups is 1. The minimum absolute atomic E-state index is 0.00501. The molecule has 3 aromatic heterocycles. The average Bonchev–Trinajstić information content (AvgIpc) is 3.39. The van der Waals surface area contributed by atoms with Gasteiger partial charge in [0.1, 0.15) is 14.9 Å². The van der Waals surface area contributed by atoms with E-state index in [0.29, 0.717) is 27.9 Å². The first-order valence-corrected chi connectivity index (χ1v) is 15.8. The summed E-state index contributed by atoms with van der Waals surface area (Å²) in [7, 11) is -3.78. The summed E-state index contributed by atoms with van der Waals surface area (Å²) in [5, 5.41) is 8.39. The number of carboxylic acids is 1. The molecule has 0 aliphatic rings. The van der Waals surface area contributed by atoms with Gasteiger partial charge < -0.3 is 5.11 Å². The number of benzene rings is 1. The zero-order valence-electron chi connectivity index (χ0n) is 21.7. The molecule has 9 nitrogen and oxygen atoms in total. The summed E-state index contributed by atoms with van der Waals surface area (Å²) in [5.41, 5.74) is -2.58. The van der Waals surface area contributed by atoms with Gasteiger partial charge in [-0.15, -0.1) is 0 Å². The predicted octanol–water partition coefficient (Wildman–Crippen LogP) is 6.75. The van der Waals surface area contributed by atoms with Crippen molar-refractivity contribution in [3.63, 3.8) is 0 Å². The van der Waals surface area contributed by atoms with Crippen LogP contribution < -0.4 is 0 Å². The molecule has 1 N–H and O–H groups in total. The summed E-state index contributed by atoms with van der Waals surface area (Å²) in [6.07, 6.45) is -7.33. The topological polar surface area (TPSA) is 136 Å². The molecule has 0 spiro atoms. The Morgan fingerprint density at radius 3 is 2.07 bits per heavy atom. The zero-order chi connectivity index (χ0) is 33.3. The lowest BCUT2D eigenvalue weighted by Crippen LogP contribution is -2.15. The first kappa shape index (κ1) is 34.8. The third-order valence-corrected chi connectivity index (χ3v) is 8.92. The van der Waals surface area contributed by atoms with Gasteiger partial charge in [-0.3, -0.25) is 4.98 Å². The molecule has 44 heavy (non-hydrogen) atoms. The maximum Gasteiger partial charge on any atom is 0.419 e. The minimum Gasteiger partial charge on any atom is -0.478 e. The number of halogens is 8. The van der Waals surface area contributed by atoms with Crippen molar-refractivity contribution in [1.82, 2.24) is 13.9 Å². The molecule has 0 amide bonds. The lowest BCUT2D eigenvalue weighted by Gasteiger charge is -2.12. The van der Waals surface area contributed by atoms with E-state index in [-0.39, 0.29) is 23.4 Å². The summed E-state index contributed by atoms with van der Waals surface area (Å²) < 4.78 is 125. The van der Waals surface area contributed by atoms with E-state index < -0.39 is 63.5 Å². The van der Waals surface area contributed by atoms with E-state index in [1.54, 1.807) is 30.3 Å². The number of aryl methyl sites for hydroxylation is 1. The van der Waals surface area contributed by atoms with E-state index in [1.165, 1.54) is 6.92 Å². The minimum atomic E-state index is -4.79. The third kappa shape index (κ3) is 7.88. The zero-order valence-corrected chi connectivity index (χ0v) is 24.9. The Balaban J connectivity index is 0.000000269. The molecule has 0 fully saturated rings. The van der Waals surface area contributed by atoms with Gasteiger partial charge in [-0.1, -0.05) is 48.9 Å². The van der Waals surface area contributed by atoms with Crippen molar-refractivity contribution in [2.24, 2.45) is 0 Å². The van der Waals surface area contributed by atoms with E-state index >= 15 is 0 Å². The molecule has 0 aliphatic heterocycles. The van der Waals surface area contributed by atoms with Crippen LogP contribution in [0, 0.1) is 0 Å². The molecule has 4 rings (SSSR count). The van der Waals surface area contributed by atoms with Crippen LogP contribution in [-0.4, -0.2) is 41.9 Å². The molecule has 236 valence electrons. The van der Waals surface area contributed by atoms with Crippen LogP contribution in [0.5, 0.6) is 0 Å². The molecular formula is C25H17Cl2F6N3O6S2. The van der Waals surface area contributed by atoms with Crippen molar-refractivity contribution in [3.8, 4) is 11.3 Å². The van der Waals surface area contributed by atoms with Crippen LogP contribution in [-0.2, 0) is 37.8 Å². The van der Waals surface area contributed by atoms with Gasteiger partial charge >= 0.3 is 18.3 Å². The van der Waals surface area contributed by atoms with E-state index in [4.69, 9.17) is 22.3 Å². The SMILES string of the molecule is CCc1nc(Cl)c(C(F)(F)F)cc1S(=O)(=O)Cl.O=C(O)c1cc(-c2ccccc2)n(S(=O)(=O)c2cncc(C(F)(F)F)c2)c1. The quantitative estimate of drug-likeness (QED) is 0.132. The van der Waals surface area contributed by atoms with Crippen LogP contribution >= 0.6 is 22.3 Å². The summed E-state index contributed by atoms with van der Waals surface area (Å²) >= 11 is 5.35. The first-order valence-electron chi connectivity index (χ1n) is 11.7. The molecule has 0 unspecified atom stereocenters. The van der Waals surface area contributed by atoms with Crippen molar-refractivity contribution in [1.29, 1.82) is 0 Å². The lowest BCUT2D eigenvalue weighted by molar-refractivity contribution is -0.138. The summed E-state index contributed by atoms with van der Waals surface area (Å²) in [6.45, 7) is 1.53. The Labute approximate surface area is 255 Å². The van der Waals surface area contributed by atoms with Gasteiger partial charge in [0, 0.05) is 29.3 Å². The maximum atomic E-state index is 12.9. The van der Waals surface area contributed by atoms with Crippen molar-refractivity contribution >= 4 is 47.3 Å². The molecular weight excluding hydrogens is 687 g/mol. The van der Waals surface area contributed by atoms with E-state index in [1.807, 2.05) is 0 Å². The third-order valence-electron chi connectivity index (χ3n) is 5.62. The number of rotatable bonds is 6. The van der Waals surface area contributed by atoms with Gasteiger partial charge in [0.15, 0.2) is 0 Å². The Bertz CT molecular complexity index is 1910. The second kappa shape index (κ2) is 12.7. The van der Waals surface area contributed by atoms with Crippen LogP contribution in [0.4, 0.5) is 26.3 Å². The number of alkyl halides is 6. The number of aromatic nitrogens is 3. The Morgan fingerprint density at radius 2 is 1.57 bits per heavy atom. The fourth-order valence-electron chi connectivity index (χ4n) is 3.58. The summed E-state index contributed by atoms with van der Waals surface area (Å²) in [6, 6.07) is 10.0. The number of nitrogens with zero attached hydrogens (tertiary/aromatic N) is 3. The molecule has 0 saturated heterocycles. The summed E-state index contributed by atoms with van der Waals surface area (Å²) in [5.74, 6) is -1.37. The highest BCUT2D eigenvalue weighted by molar-refractivity contribution is 8.13. The highest BCUT2D eigenvalue weighted by Crippen LogP contribution is 2.37. The van der Waals surface area contributed by atoms with Crippen LogP contribution in [0.2, 0.25) is 5.15 Å². The van der Waals surface area contributed by atoms with Gasteiger partial charge in [-0.05, 0) is 30.2 Å². The highest BCUT2D eigenvalue weighted by Gasteiger charge is 2.36. The highest BCUT2D eigenvalue weighted by atomic mass is 35.7. The van der Waals surface area contributed by atoms with Gasteiger partial charge in [0.25, 0.3) is 19.1 Å². The van der Waals surface area contributed by atoms with E-state index in [9.17, 15) is 53.1 Å². The number of pyridine rings is 2. The molecule has 0 bridgehead atoms. The van der Waals surface area contributed by atoms with Gasteiger partial charge in [0.05, 0.1) is 28.1 Å². The molecule has 19 heteroatoms. The second-order valence-electron chi connectivity index (χ2n) is 8.55. The number of carboxylic acid groups (broad SMARTS) is 1. The van der Waals surface area contributed by atoms with Gasteiger partial charge in [-0.25, -0.2) is 30.6 Å². The molecule has 0 atom stereocenters. The monoisotopic (exact) mass is 703 g/mol. The Kier molecular flexibility index (Phi) is 10.1. The van der Waals surface area contributed by atoms with Crippen LogP contribution in [0.15, 0.2) is 76.9 Å². The van der Waals surface area contributed by atoms with Crippen molar-refractivity contribution < 1.29 is 53.1 Å². The second-order valence-corrected chi connectivity index (χ2v) is 13.3. The average molecular weight is 704 g/mol. The Hall–Kier alpha value is -3.67. The number of hydrogen-bond acceptors (Lipinski definition) is 7. The molecule has 1 aromatic carbocycles. The lowest BCUT2D eigenvalue weighted by atomic mass is 10.1. The predicted molar refractivity (Wildman–Crippen MR) is 145 cm³/mol. The Morgan fingerprint density at radius 1 is 0.955 bits per heavy atom. The fraction of sp³-hybridized carbons (Fsp3) is 0.160. The van der Waals surface area contributed by atoms with Crippen LogP contribution in [0.1, 0.15) is 34.1 Å². The van der Waals surface area contributed by atoms with Crippen molar-refractivity contribution in [2.45, 2.75) is 35.5 Å². The molecule has 4 aromatic rings. The maximum absolute atomic E-state index is 12.9. The number of aromatic carboxylic acids is 1. The fourth-order valence-corrected chi connectivity index (χ4v) is 6.34. The molecule has 0 radical (unpaired) electrons. The normalized spacial score (nSPS) is 12.4. The van der Waals surface area contributed by atoms with Gasteiger partial charge in [-0.2, -0.15) is 26.3 Å². The summed E-state index contributed by atoms with van der Waals surface area (Å²) in [4.78, 5) is 16.7. The van der Waals surface area contributed by atoms with Crippen molar-refractivity contribution in [3.05, 3.63) is 94.7 Å². The first-order chi connectivity index (χ1) is 20.2. The van der Waals surface area contributed by atoms with E-state index in [2.05, 4.69) is 9.97 Å². The standard InChI is InChI=1S/C17H11F3N2O4S.C8H6Cl2F3NO2S/c18-17(19,20)13-7-14(9-21-8-13)27(25,26)22-10-12(16(23)24)6-15(22)11-4-2-1-3-5-11;1-2-5-6(17(10,15)16)3-4(7(9)14-5)8(11,12)13/h1-10H,(H,23,24);3H,2H2,1H3. The van der Waals surface area contributed by atoms with Crippen LogP contribution in [0.3, 0.4) is 0 Å². The van der Waals surface area contributed by atoms with E-state index in [0.717, 1.165) is 18.5 Å². The number of hydrogen-bond donors (Lipinski definition) is 1. The molecule has 0 aliphatic carbocycles. The largest absolute Gasteiger partial charge is 0.478 e. The van der Waals surface area contributed by atoms with Gasteiger partial charge in [0.2, 0.25) is 0 Å². The smallest absolute Gasteiger partial charge is 0.419 e.